The third-order valence-corrected chi connectivity index (χ3v) is 3.42. The molecule has 0 spiro atoms. The first kappa shape index (κ1) is 16.4. The summed E-state index contributed by atoms with van der Waals surface area (Å²) in [5.74, 6) is -0.0894. The topological polar surface area (TPSA) is 40.5 Å². The van der Waals surface area contributed by atoms with Gasteiger partial charge in [0.1, 0.15) is 0 Å². The van der Waals surface area contributed by atoms with Crippen molar-refractivity contribution in [2.45, 2.75) is 32.4 Å². The number of hydrogen-bond acceptors (Lipinski definition) is 3. The second kappa shape index (κ2) is 6.23. The van der Waals surface area contributed by atoms with E-state index in [2.05, 4.69) is 0 Å². The van der Waals surface area contributed by atoms with Crippen LogP contribution in [0.15, 0.2) is 18.2 Å². The normalized spacial score (nSPS) is 13.7. The first-order valence-corrected chi connectivity index (χ1v) is 6.79. The number of carbonyl (C=O) groups is 1. The molecule has 1 atom stereocenters. The Kier molecular flexibility index (Phi) is 5.39. The number of aliphatic hydroxyl groups is 1. The summed E-state index contributed by atoms with van der Waals surface area (Å²) in [5, 5.41) is 10.6. The molecule has 0 aliphatic heterocycles. The molecule has 106 valence electrons. The Hall–Kier alpha value is -0.610. The maximum atomic E-state index is 12.4. The zero-order chi connectivity index (χ0) is 14.8. The van der Waals surface area contributed by atoms with Gasteiger partial charge in [-0.15, -0.1) is 0 Å². The SMILES string of the molecule is CC(C(=O)c1ccc(Cl)cc1Cl)N(C)CC(C)(C)O. The summed E-state index contributed by atoms with van der Waals surface area (Å²) in [4.78, 5) is 14.2. The number of benzene rings is 1. The highest BCUT2D eigenvalue weighted by molar-refractivity contribution is 6.37. The Morgan fingerprint density at radius 2 is 2.00 bits per heavy atom. The summed E-state index contributed by atoms with van der Waals surface area (Å²) in [6.45, 7) is 5.59. The van der Waals surface area contributed by atoms with Crippen molar-refractivity contribution in [3.8, 4) is 0 Å². The lowest BCUT2D eigenvalue weighted by Crippen LogP contribution is -2.44. The van der Waals surface area contributed by atoms with Gasteiger partial charge in [0.15, 0.2) is 5.78 Å². The van der Waals surface area contributed by atoms with E-state index >= 15 is 0 Å². The summed E-state index contributed by atoms with van der Waals surface area (Å²) in [6, 6.07) is 4.45. The van der Waals surface area contributed by atoms with Crippen LogP contribution in [0.3, 0.4) is 0 Å². The van der Waals surface area contributed by atoms with Gasteiger partial charge in [-0.2, -0.15) is 0 Å². The van der Waals surface area contributed by atoms with Crippen LogP contribution in [-0.4, -0.2) is 41.0 Å². The highest BCUT2D eigenvalue weighted by Gasteiger charge is 2.25. The van der Waals surface area contributed by atoms with Gasteiger partial charge in [0.25, 0.3) is 0 Å². The smallest absolute Gasteiger partial charge is 0.181 e. The molecule has 0 amide bonds. The van der Waals surface area contributed by atoms with Gasteiger partial charge in [0.05, 0.1) is 16.7 Å². The lowest BCUT2D eigenvalue weighted by atomic mass is 10.0. The van der Waals surface area contributed by atoms with Crippen molar-refractivity contribution in [3.05, 3.63) is 33.8 Å². The lowest BCUT2D eigenvalue weighted by molar-refractivity contribution is 0.0330. The Labute approximate surface area is 124 Å². The van der Waals surface area contributed by atoms with Crippen molar-refractivity contribution in [2.24, 2.45) is 0 Å². The lowest BCUT2D eigenvalue weighted by Gasteiger charge is -2.29. The summed E-state index contributed by atoms with van der Waals surface area (Å²) in [7, 11) is 1.80. The van der Waals surface area contributed by atoms with E-state index in [9.17, 15) is 9.90 Å². The van der Waals surface area contributed by atoms with E-state index in [0.29, 0.717) is 22.2 Å². The molecule has 1 rings (SSSR count). The zero-order valence-corrected chi connectivity index (χ0v) is 13.1. The number of rotatable bonds is 5. The van der Waals surface area contributed by atoms with Crippen molar-refractivity contribution in [1.29, 1.82) is 0 Å². The molecule has 0 aliphatic carbocycles. The number of nitrogens with zero attached hydrogens (tertiary/aromatic N) is 1. The standard InChI is InChI=1S/C14H19Cl2NO2/c1-9(17(4)8-14(2,3)19)13(18)11-6-5-10(15)7-12(11)16/h5-7,9,19H,8H2,1-4H3. The van der Waals surface area contributed by atoms with Crippen LogP contribution in [-0.2, 0) is 0 Å². The summed E-state index contributed by atoms with van der Waals surface area (Å²) in [6.07, 6.45) is 0. The molecule has 0 aliphatic rings. The summed E-state index contributed by atoms with van der Waals surface area (Å²) in [5.41, 5.74) is -0.409. The minimum Gasteiger partial charge on any atom is -0.389 e. The van der Waals surface area contributed by atoms with Gasteiger partial charge >= 0.3 is 0 Å². The molecule has 3 nitrogen and oxygen atoms in total. The highest BCUT2D eigenvalue weighted by Crippen LogP contribution is 2.23. The highest BCUT2D eigenvalue weighted by atomic mass is 35.5. The van der Waals surface area contributed by atoms with Crippen molar-refractivity contribution in [3.63, 3.8) is 0 Å². The van der Waals surface area contributed by atoms with E-state index in [-0.39, 0.29) is 11.8 Å². The Morgan fingerprint density at radius 3 is 2.47 bits per heavy atom. The molecule has 0 saturated heterocycles. The molecule has 0 radical (unpaired) electrons. The van der Waals surface area contributed by atoms with E-state index in [4.69, 9.17) is 23.2 Å². The van der Waals surface area contributed by atoms with Gasteiger partial charge in [0, 0.05) is 17.1 Å². The van der Waals surface area contributed by atoms with Crippen LogP contribution in [0.5, 0.6) is 0 Å². The van der Waals surface area contributed by atoms with Gasteiger partial charge in [-0.3, -0.25) is 9.69 Å². The minimum atomic E-state index is -0.854. The number of halogens is 2. The molecule has 5 heteroatoms. The van der Waals surface area contributed by atoms with E-state index in [1.807, 2.05) is 0 Å². The first-order chi connectivity index (χ1) is 8.61. The predicted octanol–water partition coefficient (Wildman–Crippen LogP) is 3.27. The maximum Gasteiger partial charge on any atom is 0.181 e. The van der Waals surface area contributed by atoms with Crippen LogP contribution >= 0.6 is 23.2 Å². The maximum absolute atomic E-state index is 12.4. The minimum absolute atomic E-state index is 0.0894. The van der Waals surface area contributed by atoms with Crippen LogP contribution in [0.4, 0.5) is 0 Å². The number of carbonyl (C=O) groups excluding carboxylic acids is 1. The zero-order valence-electron chi connectivity index (χ0n) is 11.6. The molecular formula is C14H19Cl2NO2. The average Bonchev–Trinajstić information content (AvgIpc) is 2.24. The second-order valence-electron chi connectivity index (χ2n) is 5.39. The Morgan fingerprint density at radius 1 is 1.42 bits per heavy atom. The summed E-state index contributed by atoms with van der Waals surface area (Å²) >= 11 is 11.8. The van der Waals surface area contributed by atoms with Gasteiger partial charge in [-0.1, -0.05) is 23.2 Å². The third kappa shape index (κ3) is 4.77. The molecule has 1 aromatic rings. The van der Waals surface area contributed by atoms with Crippen LogP contribution < -0.4 is 0 Å². The molecule has 1 unspecified atom stereocenters. The number of ketones is 1. The fraction of sp³-hybridized carbons (Fsp3) is 0.500. The molecular weight excluding hydrogens is 285 g/mol. The number of likely N-dealkylation sites (N-methyl/N-ethyl adjacent to an activating group) is 1. The first-order valence-electron chi connectivity index (χ1n) is 6.03. The van der Waals surface area contributed by atoms with Crippen LogP contribution in [0, 0.1) is 0 Å². The van der Waals surface area contributed by atoms with E-state index in [1.54, 1.807) is 50.9 Å². The van der Waals surface area contributed by atoms with Crippen LogP contribution in [0.2, 0.25) is 10.0 Å². The van der Waals surface area contributed by atoms with Crippen molar-refractivity contribution >= 4 is 29.0 Å². The van der Waals surface area contributed by atoms with Gasteiger partial charge in [-0.05, 0) is 46.0 Å². The van der Waals surface area contributed by atoms with Crippen molar-refractivity contribution < 1.29 is 9.90 Å². The fourth-order valence-corrected chi connectivity index (χ4v) is 2.36. The molecule has 0 heterocycles. The van der Waals surface area contributed by atoms with E-state index in [0.717, 1.165) is 0 Å². The van der Waals surface area contributed by atoms with Gasteiger partial charge in [0.2, 0.25) is 0 Å². The molecule has 0 saturated carbocycles. The van der Waals surface area contributed by atoms with E-state index in [1.165, 1.54) is 0 Å². The number of Topliss-reactive ketones (excluding diaryl/α,β-unsaturated/α-hetero) is 1. The number of hydrogen-bond donors (Lipinski definition) is 1. The molecule has 0 bridgehead atoms. The largest absolute Gasteiger partial charge is 0.389 e. The Balaban J connectivity index is 2.87. The van der Waals surface area contributed by atoms with E-state index < -0.39 is 5.60 Å². The van der Waals surface area contributed by atoms with Crippen molar-refractivity contribution in [1.82, 2.24) is 4.90 Å². The molecule has 1 N–H and O–H groups in total. The van der Waals surface area contributed by atoms with Gasteiger partial charge < -0.3 is 5.11 Å². The van der Waals surface area contributed by atoms with Crippen molar-refractivity contribution in [2.75, 3.05) is 13.6 Å². The third-order valence-electron chi connectivity index (χ3n) is 2.87. The predicted molar refractivity (Wildman–Crippen MR) is 79.2 cm³/mol. The quantitative estimate of drug-likeness (QED) is 0.849. The summed E-state index contributed by atoms with van der Waals surface area (Å²) < 4.78 is 0. The molecule has 19 heavy (non-hydrogen) atoms. The fourth-order valence-electron chi connectivity index (χ4n) is 1.86. The molecule has 0 aromatic heterocycles. The molecule has 0 fully saturated rings. The van der Waals surface area contributed by atoms with Crippen LogP contribution in [0.25, 0.3) is 0 Å². The van der Waals surface area contributed by atoms with Crippen LogP contribution in [0.1, 0.15) is 31.1 Å². The molecule has 1 aromatic carbocycles. The Bertz CT molecular complexity index is 469. The monoisotopic (exact) mass is 303 g/mol. The van der Waals surface area contributed by atoms with Gasteiger partial charge in [-0.25, -0.2) is 0 Å². The average molecular weight is 304 g/mol. The second-order valence-corrected chi connectivity index (χ2v) is 6.24.